The normalized spacial score (nSPS) is 24.3. The van der Waals surface area contributed by atoms with Gasteiger partial charge in [0.1, 0.15) is 23.9 Å². The summed E-state index contributed by atoms with van der Waals surface area (Å²) in [5.41, 5.74) is 1.92. The minimum Gasteiger partial charge on any atom is -0.393 e. The summed E-state index contributed by atoms with van der Waals surface area (Å²) in [4.78, 5) is 10.5. The molecule has 11 heteroatoms. The molecule has 2 aromatic heterocycles. The molecule has 0 amide bonds. The molecule has 2 atom stereocenters. The van der Waals surface area contributed by atoms with Gasteiger partial charge in [-0.2, -0.15) is 9.50 Å². The van der Waals surface area contributed by atoms with E-state index in [0.717, 1.165) is 0 Å². The molecule has 4 rings (SSSR count). The van der Waals surface area contributed by atoms with Crippen LogP contribution in [-0.2, 0) is 4.74 Å². The summed E-state index contributed by atoms with van der Waals surface area (Å²) in [5, 5.41) is 10.2. The quantitative estimate of drug-likeness (QED) is 0.690. The summed E-state index contributed by atoms with van der Waals surface area (Å²) >= 11 is 0. The van der Waals surface area contributed by atoms with Crippen molar-refractivity contribution < 1.29 is 17.9 Å². The molecule has 0 unspecified atom stereocenters. The highest BCUT2D eigenvalue weighted by atomic mass is 19.3. The number of nitrogens with zero attached hydrogens (tertiary/aromatic N) is 5. The molecule has 4 heterocycles. The Bertz CT molecular complexity index is 961. The van der Waals surface area contributed by atoms with Gasteiger partial charge in [-0.3, -0.25) is 0 Å². The number of hydrogen-bond donors (Lipinski definition) is 2. The monoisotopic (exact) mass is 423 g/mol. The summed E-state index contributed by atoms with van der Waals surface area (Å²) < 4.78 is 48.6. The Labute approximate surface area is 171 Å². The summed E-state index contributed by atoms with van der Waals surface area (Å²) in [7, 11) is 1.73. The highest BCUT2D eigenvalue weighted by Gasteiger charge is 2.40. The van der Waals surface area contributed by atoms with Crippen molar-refractivity contribution in [3.05, 3.63) is 30.9 Å². The van der Waals surface area contributed by atoms with E-state index in [1.165, 1.54) is 10.8 Å². The van der Waals surface area contributed by atoms with Gasteiger partial charge < -0.3 is 20.3 Å². The number of nitrogens with one attached hydrogen (secondary N) is 2. The van der Waals surface area contributed by atoms with Crippen LogP contribution < -0.4 is 15.5 Å². The zero-order valence-electron chi connectivity index (χ0n) is 16.6. The maximum absolute atomic E-state index is 14.1. The molecule has 0 bridgehead atoms. The molecule has 162 valence electrons. The van der Waals surface area contributed by atoms with Crippen LogP contribution in [0.2, 0.25) is 0 Å². The molecular weight excluding hydrogens is 399 g/mol. The molecule has 2 N–H and O–H groups in total. The first-order chi connectivity index (χ1) is 14.4. The summed E-state index contributed by atoms with van der Waals surface area (Å²) in [6, 6.07) is -0.476. The first kappa shape index (κ1) is 20.5. The fourth-order valence-electron chi connectivity index (χ4n) is 3.75. The van der Waals surface area contributed by atoms with Crippen molar-refractivity contribution in [2.24, 2.45) is 0 Å². The number of ether oxygens (including phenoxy) is 1. The largest absolute Gasteiger partial charge is 0.393 e. The number of rotatable bonds is 6. The molecule has 0 aliphatic carbocycles. The van der Waals surface area contributed by atoms with Crippen LogP contribution >= 0.6 is 0 Å². The van der Waals surface area contributed by atoms with Crippen molar-refractivity contribution in [3.63, 3.8) is 0 Å². The number of aromatic nitrogens is 4. The zero-order valence-corrected chi connectivity index (χ0v) is 16.6. The lowest BCUT2D eigenvalue weighted by molar-refractivity contribution is 0.0257. The average molecular weight is 423 g/mol. The summed E-state index contributed by atoms with van der Waals surface area (Å²) in [6.07, 6.45) is 3.80. The molecule has 0 radical (unpaired) electrons. The Kier molecular flexibility index (Phi) is 5.54. The summed E-state index contributed by atoms with van der Waals surface area (Å²) in [5.74, 6) is -2.58. The molecular formula is C19H24F3N7O. The second-order valence-electron chi connectivity index (χ2n) is 7.40. The number of alkyl halides is 3. The van der Waals surface area contributed by atoms with E-state index in [9.17, 15) is 13.2 Å². The minimum absolute atomic E-state index is 0.0162. The standard InChI is InChI=1S/C19H24F3N7O/c1-3-12(8-23-2)15-16(28-6-5-19(21,22)10-28)17-26-18(27-29(17)11-24-15)25-14-4-7-30-9-13(14)20/h3,8,11,13-14,23H,1,4-7,9-10H2,2H3,(H,25,27)/b12-8+/t13-,14+/m1/s1. The Hall–Kier alpha value is -2.82. The van der Waals surface area contributed by atoms with E-state index in [0.29, 0.717) is 35.6 Å². The third-order valence-corrected chi connectivity index (χ3v) is 5.24. The van der Waals surface area contributed by atoms with Gasteiger partial charge in [0.2, 0.25) is 5.95 Å². The van der Waals surface area contributed by atoms with Crippen LogP contribution in [0.3, 0.4) is 0 Å². The van der Waals surface area contributed by atoms with Gasteiger partial charge in [0, 0.05) is 38.4 Å². The van der Waals surface area contributed by atoms with Crippen molar-refractivity contribution >= 4 is 22.9 Å². The molecule has 2 saturated heterocycles. The molecule has 0 spiro atoms. The van der Waals surface area contributed by atoms with Crippen LogP contribution in [0.25, 0.3) is 11.2 Å². The molecule has 2 aliphatic rings. The zero-order chi connectivity index (χ0) is 21.3. The fraction of sp³-hybridized carbons (Fsp3) is 0.526. The Morgan fingerprint density at radius 1 is 1.43 bits per heavy atom. The maximum Gasteiger partial charge on any atom is 0.266 e. The highest BCUT2D eigenvalue weighted by Crippen LogP contribution is 2.36. The molecule has 30 heavy (non-hydrogen) atoms. The molecule has 0 aromatic carbocycles. The Morgan fingerprint density at radius 2 is 2.27 bits per heavy atom. The predicted molar refractivity (Wildman–Crippen MR) is 108 cm³/mol. The van der Waals surface area contributed by atoms with Crippen LogP contribution in [0.5, 0.6) is 0 Å². The van der Waals surface area contributed by atoms with Crippen molar-refractivity contribution in [1.82, 2.24) is 24.9 Å². The van der Waals surface area contributed by atoms with Crippen LogP contribution in [0, 0.1) is 0 Å². The third-order valence-electron chi connectivity index (χ3n) is 5.24. The lowest BCUT2D eigenvalue weighted by atomic mass is 10.1. The van der Waals surface area contributed by atoms with Crippen LogP contribution in [-0.4, -0.2) is 71.1 Å². The molecule has 2 aliphatic heterocycles. The lowest BCUT2D eigenvalue weighted by Gasteiger charge is -2.26. The van der Waals surface area contributed by atoms with Gasteiger partial charge in [0.05, 0.1) is 19.2 Å². The van der Waals surface area contributed by atoms with Gasteiger partial charge in [0.25, 0.3) is 5.92 Å². The van der Waals surface area contributed by atoms with Crippen molar-refractivity contribution in [3.8, 4) is 0 Å². The second-order valence-corrected chi connectivity index (χ2v) is 7.40. The summed E-state index contributed by atoms with van der Waals surface area (Å²) in [6.45, 7) is 3.99. The van der Waals surface area contributed by atoms with Crippen molar-refractivity contribution in [2.75, 3.05) is 43.6 Å². The fourth-order valence-corrected chi connectivity index (χ4v) is 3.75. The van der Waals surface area contributed by atoms with E-state index in [2.05, 4.69) is 32.3 Å². The Morgan fingerprint density at radius 3 is 2.93 bits per heavy atom. The third kappa shape index (κ3) is 3.93. The molecule has 2 aromatic rings. The van der Waals surface area contributed by atoms with E-state index in [1.54, 1.807) is 24.2 Å². The first-order valence-corrected chi connectivity index (χ1v) is 9.78. The van der Waals surface area contributed by atoms with Gasteiger partial charge >= 0.3 is 0 Å². The van der Waals surface area contributed by atoms with E-state index < -0.39 is 24.7 Å². The van der Waals surface area contributed by atoms with E-state index in [1.807, 2.05) is 0 Å². The van der Waals surface area contributed by atoms with Crippen LogP contribution in [0.1, 0.15) is 18.5 Å². The van der Waals surface area contributed by atoms with Gasteiger partial charge in [-0.15, -0.1) is 5.10 Å². The van der Waals surface area contributed by atoms with Gasteiger partial charge in [-0.1, -0.05) is 12.7 Å². The van der Waals surface area contributed by atoms with E-state index in [-0.39, 0.29) is 25.5 Å². The molecule has 0 saturated carbocycles. The van der Waals surface area contributed by atoms with Gasteiger partial charge in [-0.05, 0) is 6.42 Å². The number of hydrogen-bond acceptors (Lipinski definition) is 7. The number of allylic oxidation sites excluding steroid dienone is 2. The van der Waals surface area contributed by atoms with E-state index in [4.69, 9.17) is 4.74 Å². The number of fused-ring (bicyclic) bond motifs is 1. The highest BCUT2D eigenvalue weighted by molar-refractivity contribution is 5.86. The molecule has 2 fully saturated rings. The average Bonchev–Trinajstić information content (AvgIpc) is 3.29. The van der Waals surface area contributed by atoms with Crippen molar-refractivity contribution in [1.29, 1.82) is 0 Å². The number of halogens is 3. The van der Waals surface area contributed by atoms with Gasteiger partial charge in [-0.25, -0.2) is 18.2 Å². The maximum atomic E-state index is 14.1. The van der Waals surface area contributed by atoms with Crippen LogP contribution in [0.4, 0.5) is 24.8 Å². The topological polar surface area (TPSA) is 79.6 Å². The lowest BCUT2D eigenvalue weighted by Crippen LogP contribution is -2.39. The second kappa shape index (κ2) is 8.13. The molecule has 8 nitrogen and oxygen atoms in total. The number of anilines is 2. The first-order valence-electron chi connectivity index (χ1n) is 9.78. The predicted octanol–water partition coefficient (Wildman–Crippen LogP) is 2.25. The minimum atomic E-state index is -2.80. The Balaban J connectivity index is 1.77. The van der Waals surface area contributed by atoms with Crippen molar-refractivity contribution in [2.45, 2.75) is 31.0 Å². The van der Waals surface area contributed by atoms with Gasteiger partial charge in [0.15, 0.2) is 5.65 Å². The SMILES string of the molecule is C=C/C(=C\NC)c1ncn2nc(N[C@H]3CCOC[C@H]3F)nc2c1N1CCC(F)(F)C1. The van der Waals surface area contributed by atoms with Crippen LogP contribution in [0.15, 0.2) is 25.2 Å². The smallest absolute Gasteiger partial charge is 0.266 e. The van der Waals surface area contributed by atoms with E-state index >= 15 is 0 Å².